The predicted molar refractivity (Wildman–Crippen MR) is 108 cm³/mol. The van der Waals surface area contributed by atoms with Crippen molar-refractivity contribution in [1.82, 2.24) is 18.7 Å². The van der Waals surface area contributed by atoms with Crippen LogP contribution < -0.4 is 21.9 Å². The number of anilines is 1. The summed E-state index contributed by atoms with van der Waals surface area (Å²) >= 11 is 2.01. The van der Waals surface area contributed by atoms with Gasteiger partial charge in [0.25, 0.3) is 5.56 Å². The Kier molecular flexibility index (Phi) is 5.51. The molecule has 0 aromatic carbocycles. The van der Waals surface area contributed by atoms with E-state index in [0.717, 1.165) is 12.8 Å². The van der Waals surface area contributed by atoms with Gasteiger partial charge >= 0.3 is 5.69 Å². The molecule has 26 heavy (non-hydrogen) atoms. The number of carbonyl (C=O) groups is 1. The molecule has 0 saturated heterocycles. The van der Waals surface area contributed by atoms with Gasteiger partial charge in [-0.1, -0.05) is 29.0 Å². The number of amides is 1. The Balaban J connectivity index is 2.03. The molecule has 10 heteroatoms. The van der Waals surface area contributed by atoms with Crippen LogP contribution in [0.25, 0.3) is 11.2 Å². The van der Waals surface area contributed by atoms with Crippen LogP contribution in [0.1, 0.15) is 26.2 Å². The van der Waals surface area contributed by atoms with Crippen LogP contribution in [0.2, 0.25) is 0 Å². The molecule has 2 aromatic rings. The van der Waals surface area contributed by atoms with Crippen LogP contribution >= 0.6 is 22.6 Å². The number of aromatic nitrogens is 4. The lowest BCUT2D eigenvalue weighted by atomic mass is 10.1. The van der Waals surface area contributed by atoms with Gasteiger partial charge in [-0.2, -0.15) is 4.98 Å². The molecule has 3 rings (SSSR count). The molecule has 2 aromatic heterocycles. The molecular formula is C16H23IN6O3. The Bertz CT molecular complexity index is 958. The second-order valence-corrected chi connectivity index (χ2v) is 7.45. The molecule has 0 spiro atoms. The van der Waals surface area contributed by atoms with Gasteiger partial charge in [0.15, 0.2) is 11.2 Å². The Morgan fingerprint density at radius 3 is 2.69 bits per heavy atom. The molecule has 3 heterocycles. The molecule has 0 saturated carbocycles. The number of unbranched alkanes of at least 4 members (excludes halogenated alkanes) is 1. The third-order valence-corrected chi connectivity index (χ3v) is 5.36. The first-order valence-electron chi connectivity index (χ1n) is 8.68. The quantitative estimate of drug-likeness (QED) is 0.366. The summed E-state index contributed by atoms with van der Waals surface area (Å²) in [5, 5.41) is 0. The van der Waals surface area contributed by atoms with Crippen LogP contribution in [0.5, 0.6) is 0 Å². The highest BCUT2D eigenvalue weighted by molar-refractivity contribution is 14.1. The Labute approximate surface area is 163 Å². The van der Waals surface area contributed by atoms with Gasteiger partial charge in [-0.05, 0) is 19.8 Å². The molecule has 1 amide bonds. The van der Waals surface area contributed by atoms with Gasteiger partial charge in [0.1, 0.15) is 0 Å². The van der Waals surface area contributed by atoms with Crippen molar-refractivity contribution < 1.29 is 4.79 Å². The fourth-order valence-corrected chi connectivity index (χ4v) is 3.73. The van der Waals surface area contributed by atoms with Crippen molar-refractivity contribution in [2.24, 2.45) is 12.8 Å². The van der Waals surface area contributed by atoms with Crippen molar-refractivity contribution in [3.8, 4) is 0 Å². The van der Waals surface area contributed by atoms with E-state index >= 15 is 0 Å². The monoisotopic (exact) mass is 474 g/mol. The number of nitrogens with zero attached hydrogens (tertiary/aromatic N) is 5. The molecule has 1 aliphatic rings. The lowest BCUT2D eigenvalue weighted by molar-refractivity contribution is -0.115. The maximum absolute atomic E-state index is 13.0. The predicted octanol–water partition coefficient (Wildman–Crippen LogP) is 0.196. The van der Waals surface area contributed by atoms with E-state index in [9.17, 15) is 14.4 Å². The first-order chi connectivity index (χ1) is 12.4. The van der Waals surface area contributed by atoms with Gasteiger partial charge in [0.05, 0.1) is 4.43 Å². The highest BCUT2D eigenvalue weighted by Gasteiger charge is 2.30. The summed E-state index contributed by atoms with van der Waals surface area (Å²) in [6, 6.07) is 0.108. The number of carbonyl (C=O) groups excluding carboxylic acids is 1. The lowest BCUT2D eigenvalue weighted by Gasteiger charge is -2.11. The van der Waals surface area contributed by atoms with Gasteiger partial charge in [-0.15, -0.1) is 0 Å². The molecule has 9 nitrogen and oxygen atoms in total. The maximum Gasteiger partial charge on any atom is 0.332 e. The van der Waals surface area contributed by atoms with E-state index in [1.54, 1.807) is 16.5 Å². The number of alkyl halides is 1. The van der Waals surface area contributed by atoms with E-state index in [0.29, 0.717) is 47.6 Å². The summed E-state index contributed by atoms with van der Waals surface area (Å²) in [6.07, 6.45) is 2.42. The number of aryl methyl sites for hydroxylation is 1. The van der Waals surface area contributed by atoms with Crippen LogP contribution in [0, 0.1) is 0 Å². The molecular weight excluding hydrogens is 451 g/mol. The van der Waals surface area contributed by atoms with Crippen molar-refractivity contribution in [1.29, 1.82) is 0 Å². The minimum absolute atomic E-state index is 0.0547. The normalized spacial score (nSPS) is 14.8. The summed E-state index contributed by atoms with van der Waals surface area (Å²) in [4.78, 5) is 43.6. The molecule has 0 aliphatic carbocycles. The van der Waals surface area contributed by atoms with E-state index in [4.69, 9.17) is 5.73 Å². The standard InChI is InChI=1S/C16H23IN6O3/c1-10(18)5-3-4-6-23-14(25)12-13(20(2)16(23)26)19-15-21(11(24)9-17)7-8-22(12)15/h10H,3-9,18H2,1-2H3/t10-/m0/s1. The van der Waals surface area contributed by atoms with E-state index in [-0.39, 0.29) is 23.2 Å². The highest BCUT2D eigenvalue weighted by atomic mass is 127. The van der Waals surface area contributed by atoms with Crippen molar-refractivity contribution in [2.75, 3.05) is 15.9 Å². The Morgan fingerprint density at radius 1 is 1.31 bits per heavy atom. The number of halogens is 1. The van der Waals surface area contributed by atoms with Gasteiger partial charge in [-0.25, -0.2) is 4.79 Å². The summed E-state index contributed by atoms with van der Waals surface area (Å²) in [7, 11) is 1.61. The molecule has 1 aliphatic heterocycles. The number of rotatable bonds is 6. The second kappa shape index (κ2) is 7.51. The number of fused-ring (bicyclic) bond motifs is 3. The number of nitrogens with two attached hydrogens (primary N) is 1. The van der Waals surface area contributed by atoms with Crippen LogP contribution in [-0.4, -0.2) is 41.6 Å². The zero-order chi connectivity index (χ0) is 19.0. The number of hydrogen-bond donors (Lipinski definition) is 1. The molecule has 2 N–H and O–H groups in total. The average molecular weight is 474 g/mol. The lowest BCUT2D eigenvalue weighted by Crippen LogP contribution is -2.39. The topological polar surface area (TPSA) is 108 Å². The minimum atomic E-state index is -0.383. The average Bonchev–Trinajstić information content (AvgIpc) is 3.17. The van der Waals surface area contributed by atoms with Gasteiger partial charge < -0.3 is 10.3 Å². The third-order valence-electron chi connectivity index (χ3n) is 4.71. The van der Waals surface area contributed by atoms with Crippen molar-refractivity contribution in [3.05, 3.63) is 20.8 Å². The van der Waals surface area contributed by atoms with E-state index in [2.05, 4.69) is 4.98 Å². The molecule has 0 radical (unpaired) electrons. The maximum atomic E-state index is 13.0. The molecule has 1 atom stereocenters. The Morgan fingerprint density at radius 2 is 2.04 bits per heavy atom. The first kappa shape index (κ1) is 19.1. The molecule has 0 unspecified atom stereocenters. The summed E-state index contributed by atoms with van der Waals surface area (Å²) in [5.41, 5.74) is 5.74. The summed E-state index contributed by atoms with van der Waals surface area (Å²) < 4.78 is 4.74. The molecule has 142 valence electrons. The van der Waals surface area contributed by atoms with E-state index in [1.807, 2.05) is 29.5 Å². The smallest absolute Gasteiger partial charge is 0.328 e. The zero-order valence-electron chi connectivity index (χ0n) is 14.9. The van der Waals surface area contributed by atoms with Gasteiger partial charge in [0, 0.05) is 32.7 Å². The van der Waals surface area contributed by atoms with E-state index in [1.165, 1.54) is 9.13 Å². The van der Waals surface area contributed by atoms with Crippen molar-refractivity contribution in [3.63, 3.8) is 0 Å². The minimum Gasteiger partial charge on any atom is -0.328 e. The second-order valence-electron chi connectivity index (χ2n) is 6.69. The fourth-order valence-electron chi connectivity index (χ4n) is 3.32. The summed E-state index contributed by atoms with van der Waals surface area (Å²) in [5.74, 6) is 0.393. The third kappa shape index (κ3) is 3.20. The van der Waals surface area contributed by atoms with Crippen LogP contribution in [0.4, 0.5) is 5.95 Å². The van der Waals surface area contributed by atoms with Crippen molar-refractivity contribution in [2.45, 2.75) is 45.3 Å². The Hall–Kier alpha value is -1.69. The van der Waals surface area contributed by atoms with Gasteiger partial charge in [0.2, 0.25) is 11.9 Å². The van der Waals surface area contributed by atoms with Crippen LogP contribution in [0.3, 0.4) is 0 Å². The number of imidazole rings is 1. The summed E-state index contributed by atoms with van der Waals surface area (Å²) in [6.45, 7) is 3.30. The highest BCUT2D eigenvalue weighted by Crippen LogP contribution is 2.25. The SMILES string of the molecule is C[C@H](N)CCCCn1c(=O)c2c(nc3n2CCN3C(=O)CI)n(C)c1=O. The first-order valence-corrected chi connectivity index (χ1v) is 10.2. The largest absolute Gasteiger partial charge is 0.332 e. The zero-order valence-corrected chi connectivity index (χ0v) is 17.1. The molecule has 0 bridgehead atoms. The number of hydrogen-bond acceptors (Lipinski definition) is 5. The fraction of sp³-hybridized carbons (Fsp3) is 0.625. The molecule has 0 fully saturated rings. The van der Waals surface area contributed by atoms with Gasteiger partial charge in [-0.3, -0.25) is 23.6 Å². The van der Waals surface area contributed by atoms with Crippen molar-refractivity contribution >= 4 is 45.6 Å². The van der Waals surface area contributed by atoms with Crippen LogP contribution in [0.15, 0.2) is 9.59 Å². The van der Waals surface area contributed by atoms with Crippen LogP contribution in [-0.2, 0) is 24.9 Å². The van der Waals surface area contributed by atoms with E-state index < -0.39 is 0 Å².